The molecule has 0 aliphatic carbocycles. The smallest absolute Gasteiger partial charge is 0.408 e. The third-order valence-corrected chi connectivity index (χ3v) is 5.26. The van der Waals surface area contributed by atoms with Gasteiger partial charge in [-0.25, -0.2) is 23.4 Å². The summed E-state index contributed by atoms with van der Waals surface area (Å²) >= 11 is 0. The van der Waals surface area contributed by atoms with E-state index in [1.54, 1.807) is 0 Å². The van der Waals surface area contributed by atoms with Gasteiger partial charge in [0.05, 0.1) is 18.6 Å². The van der Waals surface area contributed by atoms with Gasteiger partial charge in [-0.05, 0) is 25.1 Å². The molecule has 0 spiro atoms. The van der Waals surface area contributed by atoms with Crippen molar-refractivity contribution in [2.24, 2.45) is 0 Å². The zero-order chi connectivity index (χ0) is 24.0. The fraction of sp³-hybridized carbons (Fsp3) is 0.300. The highest BCUT2D eigenvalue weighted by Crippen LogP contribution is 2.33. The highest BCUT2D eigenvalue weighted by atomic mass is 19.4. The molecule has 2 atom stereocenters. The molecule has 0 amide bonds. The van der Waals surface area contributed by atoms with Crippen LogP contribution in [0.3, 0.4) is 0 Å². The summed E-state index contributed by atoms with van der Waals surface area (Å²) in [4.78, 5) is 12.3. The summed E-state index contributed by atoms with van der Waals surface area (Å²) in [7, 11) is 0. The van der Waals surface area contributed by atoms with E-state index in [9.17, 15) is 22.0 Å². The number of rotatable bonds is 6. The summed E-state index contributed by atoms with van der Waals surface area (Å²) in [5.74, 6) is -1.92. The van der Waals surface area contributed by atoms with Crippen LogP contribution in [0.25, 0.3) is 0 Å². The fourth-order valence-electron chi connectivity index (χ4n) is 3.69. The van der Waals surface area contributed by atoms with Gasteiger partial charge in [-0.2, -0.15) is 18.2 Å². The van der Waals surface area contributed by atoms with Gasteiger partial charge in [-0.15, -0.1) is 5.10 Å². The quantitative estimate of drug-likeness (QED) is 0.538. The van der Waals surface area contributed by atoms with Crippen LogP contribution in [0.1, 0.15) is 5.69 Å². The minimum Gasteiger partial charge on any atom is -0.424 e. The van der Waals surface area contributed by atoms with Crippen LogP contribution < -0.4 is 15.1 Å². The number of halogens is 5. The van der Waals surface area contributed by atoms with Crippen molar-refractivity contribution in [2.45, 2.75) is 31.7 Å². The van der Waals surface area contributed by atoms with Crippen molar-refractivity contribution in [2.75, 3.05) is 16.9 Å². The lowest BCUT2D eigenvalue weighted by molar-refractivity contribution is -0.143. The van der Waals surface area contributed by atoms with E-state index in [1.807, 2.05) is 35.3 Å². The zero-order valence-electron chi connectivity index (χ0n) is 17.5. The number of hydrazine groups is 1. The Labute approximate surface area is 189 Å². The van der Waals surface area contributed by atoms with Crippen LogP contribution in [0.4, 0.5) is 33.7 Å². The second-order valence-electron chi connectivity index (χ2n) is 7.73. The van der Waals surface area contributed by atoms with Crippen molar-refractivity contribution in [1.82, 2.24) is 29.7 Å². The summed E-state index contributed by atoms with van der Waals surface area (Å²) in [6.07, 6.45) is 0.526. The van der Waals surface area contributed by atoms with Gasteiger partial charge in [0.1, 0.15) is 18.6 Å². The molecule has 34 heavy (non-hydrogen) atoms. The van der Waals surface area contributed by atoms with E-state index < -0.39 is 30.4 Å². The number of aryl methyl sites for hydroxylation is 1. The summed E-state index contributed by atoms with van der Waals surface area (Å²) in [5, 5.41) is 10.7. The van der Waals surface area contributed by atoms with E-state index in [2.05, 4.69) is 25.4 Å². The lowest BCUT2D eigenvalue weighted by Gasteiger charge is -2.50. The van der Waals surface area contributed by atoms with Crippen molar-refractivity contribution in [1.29, 1.82) is 0 Å². The number of benzene rings is 1. The van der Waals surface area contributed by atoms with E-state index >= 15 is 0 Å². The Balaban J connectivity index is 1.32. The molecule has 5 rings (SSSR count). The second-order valence-corrected chi connectivity index (χ2v) is 7.73. The molecule has 1 saturated heterocycles. The van der Waals surface area contributed by atoms with Crippen LogP contribution in [0.2, 0.25) is 0 Å². The average Bonchev–Trinajstić information content (AvgIpc) is 3.23. The van der Waals surface area contributed by atoms with Gasteiger partial charge in [-0.1, -0.05) is 0 Å². The molecule has 4 heterocycles. The van der Waals surface area contributed by atoms with Gasteiger partial charge in [0.15, 0.2) is 17.5 Å². The summed E-state index contributed by atoms with van der Waals surface area (Å²) in [5.41, 5.74) is 0.819. The summed E-state index contributed by atoms with van der Waals surface area (Å²) in [6.45, 7) is 0.982. The SMILES string of the molecule is Cc1cc(N2CC3C(Nc4nc(Oc5ccc(F)c(F)c5)n(CC(F)(F)F)n4)C=CN32)ncn1. The molecule has 9 nitrogen and oxygen atoms in total. The van der Waals surface area contributed by atoms with Gasteiger partial charge >= 0.3 is 12.2 Å². The van der Waals surface area contributed by atoms with Crippen LogP contribution in [-0.4, -0.2) is 54.5 Å². The zero-order valence-corrected chi connectivity index (χ0v) is 17.5. The Hall–Kier alpha value is -3.97. The van der Waals surface area contributed by atoms with Crippen molar-refractivity contribution in [3.8, 4) is 11.8 Å². The molecule has 1 N–H and O–H groups in total. The molecule has 2 aliphatic heterocycles. The normalized spacial score (nSPS) is 19.2. The predicted molar refractivity (Wildman–Crippen MR) is 109 cm³/mol. The van der Waals surface area contributed by atoms with Crippen LogP contribution in [-0.2, 0) is 6.54 Å². The maximum absolute atomic E-state index is 13.5. The minimum atomic E-state index is -4.61. The second kappa shape index (κ2) is 8.11. The Morgan fingerprint density at radius 1 is 1.15 bits per heavy atom. The first-order chi connectivity index (χ1) is 16.2. The van der Waals surface area contributed by atoms with Gasteiger partial charge in [0.2, 0.25) is 5.95 Å². The van der Waals surface area contributed by atoms with Crippen LogP contribution in [0.5, 0.6) is 11.8 Å². The van der Waals surface area contributed by atoms with Crippen molar-refractivity contribution in [3.63, 3.8) is 0 Å². The van der Waals surface area contributed by atoms with Crippen LogP contribution in [0, 0.1) is 18.6 Å². The lowest BCUT2D eigenvalue weighted by Crippen LogP contribution is -2.65. The molecule has 2 aliphatic rings. The maximum atomic E-state index is 13.5. The van der Waals surface area contributed by atoms with Crippen molar-refractivity contribution < 1.29 is 26.7 Å². The average molecular weight is 480 g/mol. The Kier molecular flexibility index (Phi) is 5.21. The van der Waals surface area contributed by atoms with E-state index in [0.717, 1.165) is 23.6 Å². The lowest BCUT2D eigenvalue weighted by atomic mass is 10.1. The molecule has 3 aromatic rings. The van der Waals surface area contributed by atoms with E-state index in [1.165, 1.54) is 6.33 Å². The molecule has 14 heteroatoms. The molecule has 2 unspecified atom stereocenters. The largest absolute Gasteiger partial charge is 0.424 e. The topological polar surface area (TPSA) is 84.2 Å². The monoisotopic (exact) mass is 480 g/mol. The number of hydrogen-bond acceptors (Lipinski definition) is 8. The number of nitrogens with one attached hydrogen (secondary N) is 1. The summed E-state index contributed by atoms with van der Waals surface area (Å²) in [6, 6.07) is 3.59. The van der Waals surface area contributed by atoms with Crippen molar-refractivity contribution >= 4 is 11.8 Å². The molecule has 0 radical (unpaired) electrons. The first-order valence-electron chi connectivity index (χ1n) is 10.1. The third kappa shape index (κ3) is 4.30. The highest BCUT2D eigenvalue weighted by Gasteiger charge is 2.44. The molecule has 0 saturated carbocycles. The Bertz CT molecular complexity index is 1250. The molecule has 1 aromatic carbocycles. The maximum Gasteiger partial charge on any atom is 0.408 e. The standard InChI is InChI=1S/C20H17F5N8O/c1-11-6-17(27-10-26-11)33-8-16-15(4-5-32(16)33)28-18-29-19(31(30-18)9-20(23,24)25)34-12-2-3-13(21)14(22)7-12/h2-7,10,15-16H,8-9H2,1H3,(H,28,30). The molecule has 178 valence electrons. The number of nitrogens with zero attached hydrogens (tertiary/aromatic N) is 7. The first kappa shape index (κ1) is 21.9. The minimum absolute atomic E-state index is 0.0274. The van der Waals surface area contributed by atoms with Gasteiger partial charge in [0.25, 0.3) is 0 Å². The number of anilines is 2. The Morgan fingerprint density at radius 3 is 2.71 bits per heavy atom. The summed E-state index contributed by atoms with van der Waals surface area (Å²) < 4.78 is 71.5. The number of alkyl halides is 3. The molecule has 0 bridgehead atoms. The third-order valence-electron chi connectivity index (χ3n) is 5.26. The first-order valence-corrected chi connectivity index (χ1v) is 10.1. The van der Waals surface area contributed by atoms with Crippen molar-refractivity contribution in [3.05, 3.63) is 60.2 Å². The molecule has 1 fully saturated rings. The van der Waals surface area contributed by atoms with Crippen LogP contribution >= 0.6 is 0 Å². The van der Waals surface area contributed by atoms with Gasteiger partial charge in [0, 0.05) is 24.0 Å². The Morgan fingerprint density at radius 2 is 1.97 bits per heavy atom. The predicted octanol–water partition coefficient (Wildman–Crippen LogP) is 3.42. The molecular formula is C20H17F5N8O. The van der Waals surface area contributed by atoms with E-state index in [4.69, 9.17) is 4.74 Å². The number of fused-ring (bicyclic) bond motifs is 1. The molecule has 2 aromatic heterocycles. The number of aromatic nitrogens is 5. The van der Waals surface area contributed by atoms with Crippen LogP contribution in [0.15, 0.2) is 42.9 Å². The number of ether oxygens (including phenoxy) is 1. The van der Waals surface area contributed by atoms with Gasteiger partial charge in [-0.3, -0.25) is 10.0 Å². The van der Waals surface area contributed by atoms with E-state index in [-0.39, 0.29) is 23.8 Å². The van der Waals surface area contributed by atoms with E-state index in [0.29, 0.717) is 17.3 Å². The molecular weight excluding hydrogens is 463 g/mol. The number of hydrogen-bond donors (Lipinski definition) is 1. The highest BCUT2D eigenvalue weighted by molar-refractivity contribution is 5.46. The van der Waals surface area contributed by atoms with Gasteiger partial charge < -0.3 is 10.1 Å². The fourth-order valence-corrected chi connectivity index (χ4v) is 3.69.